The van der Waals surface area contributed by atoms with Gasteiger partial charge in [0.05, 0.1) is 46.7 Å². The topological polar surface area (TPSA) is 128 Å². The first kappa shape index (κ1) is 36.5. The van der Waals surface area contributed by atoms with E-state index in [2.05, 4.69) is 10.7 Å². The number of halogens is 2. The average molecular weight is 800 g/mol. The quantitative estimate of drug-likeness (QED) is 0.105. The molecule has 6 atom stereocenters. The second-order valence-corrected chi connectivity index (χ2v) is 15.7. The maximum atomic E-state index is 15.4. The highest BCUT2D eigenvalue weighted by molar-refractivity contribution is 6.36. The zero-order valence-corrected chi connectivity index (χ0v) is 32.1. The zero-order chi connectivity index (χ0) is 39.6. The van der Waals surface area contributed by atoms with Crippen LogP contribution in [0.15, 0.2) is 133 Å². The molecule has 0 radical (unpaired) electrons. The summed E-state index contributed by atoms with van der Waals surface area (Å²) in [4.78, 5) is 60.6. The number of aromatic hydroxyl groups is 1. The lowest BCUT2D eigenvalue weighted by molar-refractivity contribution is -0.138. The van der Waals surface area contributed by atoms with Crippen LogP contribution in [0.25, 0.3) is 0 Å². The third-order valence-corrected chi connectivity index (χ3v) is 12.6. The highest BCUT2D eigenvalue weighted by Gasteiger charge is 2.70. The van der Waals surface area contributed by atoms with Crippen LogP contribution in [0.5, 0.6) is 11.5 Å². The summed E-state index contributed by atoms with van der Waals surface area (Å²) < 4.78 is 5.47. The summed E-state index contributed by atoms with van der Waals surface area (Å²) in [6.07, 6.45) is 2.28. The van der Waals surface area contributed by atoms with Crippen molar-refractivity contribution in [1.29, 1.82) is 0 Å². The summed E-state index contributed by atoms with van der Waals surface area (Å²) in [5, 5.41) is 16.5. The number of methoxy groups -OCH3 is 1. The molecule has 57 heavy (non-hydrogen) atoms. The molecule has 1 saturated carbocycles. The van der Waals surface area contributed by atoms with Crippen LogP contribution in [-0.4, -0.2) is 40.9 Å². The Bertz CT molecular complexity index is 2480. The van der Waals surface area contributed by atoms with Gasteiger partial charge in [-0.3, -0.25) is 29.5 Å². The van der Waals surface area contributed by atoms with Gasteiger partial charge >= 0.3 is 0 Å². The smallest absolute Gasteiger partial charge is 0.260 e. The van der Waals surface area contributed by atoms with E-state index >= 15 is 4.79 Å². The highest BCUT2D eigenvalue weighted by Crippen LogP contribution is 2.65. The van der Waals surface area contributed by atoms with Crippen molar-refractivity contribution >= 4 is 69.6 Å². The number of phenolic OH excluding ortho intramolecular Hbond substituents is 1. The Balaban J connectivity index is 1.16. The van der Waals surface area contributed by atoms with Crippen molar-refractivity contribution in [2.24, 2.45) is 23.7 Å². The number of phenols is 1. The van der Waals surface area contributed by atoms with Gasteiger partial charge in [-0.1, -0.05) is 83.4 Å². The molecule has 0 bridgehead atoms. The third kappa shape index (κ3) is 5.77. The van der Waals surface area contributed by atoms with Gasteiger partial charge in [-0.2, -0.15) is 5.01 Å². The highest BCUT2D eigenvalue weighted by atomic mass is 35.5. The second-order valence-electron chi connectivity index (χ2n) is 14.8. The van der Waals surface area contributed by atoms with E-state index in [1.54, 1.807) is 79.9 Å². The minimum atomic E-state index is -1.59. The first-order valence-electron chi connectivity index (χ1n) is 18.6. The Kier molecular flexibility index (Phi) is 9.06. The van der Waals surface area contributed by atoms with Crippen molar-refractivity contribution in [3.63, 3.8) is 0 Å². The van der Waals surface area contributed by atoms with E-state index < -0.39 is 46.8 Å². The molecule has 0 unspecified atom stereocenters. The predicted octanol–water partition coefficient (Wildman–Crippen LogP) is 8.64. The van der Waals surface area contributed by atoms with E-state index in [1.165, 1.54) is 11.0 Å². The first-order chi connectivity index (χ1) is 27.6. The Morgan fingerprint density at radius 3 is 2.18 bits per heavy atom. The number of hydrogen-bond donors (Lipinski definition) is 3. The summed E-state index contributed by atoms with van der Waals surface area (Å²) in [5.74, 6) is -5.30. The molecule has 3 N–H and O–H groups in total. The maximum Gasteiger partial charge on any atom is 0.260 e. The van der Waals surface area contributed by atoms with Crippen LogP contribution < -0.4 is 20.4 Å². The normalized spacial score (nSPS) is 25.1. The molecule has 4 aliphatic rings. The molecule has 3 fully saturated rings. The molecule has 0 aromatic heterocycles. The molecule has 5 aromatic rings. The van der Waals surface area contributed by atoms with Crippen molar-refractivity contribution in [2.45, 2.75) is 24.2 Å². The van der Waals surface area contributed by atoms with Gasteiger partial charge in [0.2, 0.25) is 11.8 Å². The predicted molar refractivity (Wildman–Crippen MR) is 217 cm³/mol. The molecule has 2 heterocycles. The number of nitrogens with one attached hydrogen (secondary N) is 2. The van der Waals surface area contributed by atoms with Crippen LogP contribution in [0, 0.1) is 23.7 Å². The van der Waals surface area contributed by atoms with Crippen molar-refractivity contribution < 1.29 is 29.0 Å². The van der Waals surface area contributed by atoms with Crippen LogP contribution in [0.3, 0.4) is 0 Å². The number of amides is 4. The Morgan fingerprint density at radius 2 is 1.47 bits per heavy atom. The number of benzene rings is 5. The molecular weight excluding hydrogens is 763 g/mol. The third-order valence-electron chi connectivity index (χ3n) is 12.0. The Morgan fingerprint density at radius 1 is 0.772 bits per heavy atom. The van der Waals surface area contributed by atoms with Crippen LogP contribution in [0.1, 0.15) is 29.9 Å². The van der Waals surface area contributed by atoms with Crippen LogP contribution in [0.2, 0.25) is 10.0 Å². The van der Waals surface area contributed by atoms with Gasteiger partial charge in [-0.05, 0) is 97.1 Å². The van der Waals surface area contributed by atoms with Crippen molar-refractivity contribution in [3.05, 3.63) is 154 Å². The molecule has 286 valence electrons. The maximum absolute atomic E-state index is 15.4. The van der Waals surface area contributed by atoms with E-state index in [9.17, 15) is 19.5 Å². The fraction of sp³-hybridized carbons (Fsp3) is 0.200. The van der Waals surface area contributed by atoms with Crippen molar-refractivity contribution in [1.82, 2.24) is 5.01 Å². The summed E-state index contributed by atoms with van der Waals surface area (Å²) >= 11 is 12.7. The van der Waals surface area contributed by atoms with Gasteiger partial charge in [0, 0.05) is 27.9 Å². The number of rotatable bonds is 8. The van der Waals surface area contributed by atoms with E-state index in [0.29, 0.717) is 33.3 Å². The number of hydrazine groups is 1. The summed E-state index contributed by atoms with van der Waals surface area (Å²) in [6.45, 7) is 0. The van der Waals surface area contributed by atoms with E-state index in [1.807, 2.05) is 48.5 Å². The number of carbonyl (C=O) groups excluding carboxylic acids is 4. The van der Waals surface area contributed by atoms with Crippen LogP contribution in [-0.2, 0) is 24.6 Å². The monoisotopic (exact) mass is 798 g/mol. The lowest BCUT2D eigenvalue weighted by Gasteiger charge is -2.50. The second kappa shape index (κ2) is 14.1. The minimum absolute atomic E-state index is 0.0649. The number of anilines is 4. The van der Waals surface area contributed by atoms with Crippen molar-refractivity contribution in [3.8, 4) is 11.5 Å². The van der Waals surface area contributed by atoms with E-state index in [4.69, 9.17) is 27.9 Å². The van der Waals surface area contributed by atoms with E-state index in [-0.39, 0.29) is 35.4 Å². The number of nitrogens with zero attached hydrogens (tertiary/aromatic N) is 2. The summed E-state index contributed by atoms with van der Waals surface area (Å²) in [6, 6.07) is 35.3. The van der Waals surface area contributed by atoms with Gasteiger partial charge in [0.1, 0.15) is 11.5 Å². The number of fused-ring (bicyclic) bond motifs is 4. The molecule has 10 nitrogen and oxygen atoms in total. The van der Waals surface area contributed by atoms with Crippen LogP contribution in [0.4, 0.5) is 22.7 Å². The molecule has 2 aliphatic carbocycles. The standard InChI is InChI=1S/C45H36Cl2N4O6/c1-57-30-18-11-25(12-19-30)45-35(42(54)51(44(45)56)49-37-22-13-26(46)23-36(37)47)24-34-31(40(45)32-9-5-6-10-38(32)52)20-21-33-39(34)43(55)50(41(33)53)29-16-14-28(15-17-29)48-27-7-3-2-4-8-27/h2-20,22-23,33-35,39-40,48-49,52H,21,24H2,1H3/t33-,34+,35-,39-,40+,45+/m0/s1. The fourth-order valence-electron chi connectivity index (χ4n) is 9.56. The lowest BCUT2D eigenvalue weighted by atomic mass is 9.49. The molecule has 0 spiro atoms. The number of imide groups is 2. The Hall–Kier alpha value is -6.10. The van der Waals surface area contributed by atoms with Gasteiger partial charge in [0.15, 0.2) is 0 Å². The molecule has 5 aromatic carbocycles. The molecule has 12 heteroatoms. The van der Waals surface area contributed by atoms with Gasteiger partial charge in [0.25, 0.3) is 11.8 Å². The number of hydrogen-bond acceptors (Lipinski definition) is 8. The summed E-state index contributed by atoms with van der Waals surface area (Å²) in [7, 11) is 1.54. The molecule has 2 saturated heterocycles. The largest absolute Gasteiger partial charge is 0.508 e. The fourth-order valence-corrected chi connectivity index (χ4v) is 10.0. The van der Waals surface area contributed by atoms with Crippen molar-refractivity contribution in [2.75, 3.05) is 22.8 Å². The summed E-state index contributed by atoms with van der Waals surface area (Å²) in [5.41, 5.74) is 5.52. The Labute approximate surface area is 338 Å². The van der Waals surface area contributed by atoms with E-state index in [0.717, 1.165) is 22.0 Å². The molecule has 9 rings (SSSR count). The molecule has 2 aliphatic heterocycles. The lowest BCUT2D eigenvalue weighted by Crippen LogP contribution is -2.53. The minimum Gasteiger partial charge on any atom is -0.508 e. The number of allylic oxidation sites excluding steroid dienone is 2. The van der Waals surface area contributed by atoms with Gasteiger partial charge in [-0.25, -0.2) is 0 Å². The van der Waals surface area contributed by atoms with Gasteiger partial charge < -0.3 is 15.2 Å². The molecule has 4 amide bonds. The average Bonchev–Trinajstić information content (AvgIpc) is 3.60. The van der Waals surface area contributed by atoms with Crippen LogP contribution >= 0.6 is 23.2 Å². The SMILES string of the molecule is COc1ccc([C@@]23C(=O)N(Nc4ccc(Cl)cc4Cl)C(=O)[C@@H]2C[C@@H]2C(=CC[C@@H]4C(=O)N(c5ccc(Nc6ccccc6)cc5)C(=O)[C@@H]42)[C@@H]3c2ccccc2O)cc1. The van der Waals surface area contributed by atoms with Gasteiger partial charge in [-0.15, -0.1) is 0 Å². The number of para-hydroxylation sites is 2. The zero-order valence-electron chi connectivity index (χ0n) is 30.6. The number of ether oxygens (including phenoxy) is 1. The first-order valence-corrected chi connectivity index (χ1v) is 19.4. The number of carbonyl (C=O) groups is 4. The molecular formula is C45H36Cl2N4O6.